The van der Waals surface area contributed by atoms with Crippen molar-refractivity contribution in [2.45, 2.75) is 36.9 Å². The first-order valence-corrected chi connectivity index (χ1v) is 5.30. The maximum absolute atomic E-state index is 11.4. The van der Waals surface area contributed by atoms with Crippen molar-refractivity contribution in [3.63, 3.8) is 0 Å². The fourth-order valence-electron chi connectivity index (χ4n) is 2.60. The minimum Gasteiger partial charge on any atom is -0.479 e. The van der Waals surface area contributed by atoms with E-state index in [1.54, 1.807) is 0 Å². The van der Waals surface area contributed by atoms with Crippen LogP contribution in [0.1, 0.15) is 25.7 Å². The predicted octanol–water partition coefficient (Wildman–Crippen LogP) is 0.254. The summed E-state index contributed by atoms with van der Waals surface area (Å²) in [5.74, 6) is -2.48. The predicted molar refractivity (Wildman–Crippen MR) is 51.1 cm³/mol. The van der Waals surface area contributed by atoms with E-state index >= 15 is 0 Å². The van der Waals surface area contributed by atoms with Gasteiger partial charge in [0.2, 0.25) is 11.2 Å². The van der Waals surface area contributed by atoms with Crippen LogP contribution in [0.4, 0.5) is 0 Å². The Labute approximate surface area is 92.2 Å². The number of carboxylic acids is 2. The summed E-state index contributed by atoms with van der Waals surface area (Å²) < 4.78 is 10.5. The van der Waals surface area contributed by atoms with E-state index in [1.807, 2.05) is 0 Å². The highest BCUT2D eigenvalue weighted by atomic mass is 16.6. The fourth-order valence-corrected chi connectivity index (χ4v) is 2.60. The van der Waals surface area contributed by atoms with E-state index in [9.17, 15) is 19.8 Å². The number of aliphatic carboxylic acids is 2. The van der Waals surface area contributed by atoms with Crippen molar-refractivity contribution < 1.29 is 29.3 Å². The summed E-state index contributed by atoms with van der Waals surface area (Å²) in [5.41, 5.74) is -3.43. The molecule has 2 atom stereocenters. The molecule has 6 nitrogen and oxygen atoms in total. The Bertz CT molecular complexity index is 279. The molecule has 0 spiro atoms. The molecule has 16 heavy (non-hydrogen) atoms. The van der Waals surface area contributed by atoms with Gasteiger partial charge in [0.15, 0.2) is 0 Å². The molecule has 0 aliphatic carbocycles. The van der Waals surface area contributed by atoms with Gasteiger partial charge in [-0.1, -0.05) is 0 Å². The first-order valence-electron chi connectivity index (χ1n) is 5.30. The molecular formula is C10H14O6. The Morgan fingerprint density at radius 1 is 0.875 bits per heavy atom. The molecule has 2 fully saturated rings. The smallest absolute Gasteiger partial charge is 0.339 e. The number of carboxylic acid groups (broad SMARTS) is 2. The molecule has 0 aromatic rings. The third-order valence-electron chi connectivity index (χ3n) is 3.39. The van der Waals surface area contributed by atoms with Crippen LogP contribution in [0, 0.1) is 0 Å². The summed E-state index contributed by atoms with van der Waals surface area (Å²) in [6.07, 6.45) is 1.47. The standard InChI is InChI=1S/C10H14O6/c11-7(12)9(3-1-5-15-9)10(8(13)14)4-2-6-16-10/h1-6H2,(H,11,12)(H,13,14). The third-order valence-corrected chi connectivity index (χ3v) is 3.39. The van der Waals surface area contributed by atoms with Gasteiger partial charge in [0, 0.05) is 13.2 Å². The number of rotatable bonds is 3. The van der Waals surface area contributed by atoms with Crippen LogP contribution >= 0.6 is 0 Å². The Hall–Kier alpha value is -1.14. The molecule has 6 heteroatoms. The third kappa shape index (κ3) is 1.26. The molecule has 0 aromatic carbocycles. The zero-order chi connectivity index (χ0) is 11.8. The van der Waals surface area contributed by atoms with Gasteiger partial charge in [-0.15, -0.1) is 0 Å². The van der Waals surface area contributed by atoms with Crippen LogP contribution in [0.2, 0.25) is 0 Å². The van der Waals surface area contributed by atoms with Gasteiger partial charge in [0.1, 0.15) is 0 Å². The lowest BCUT2D eigenvalue weighted by atomic mass is 9.78. The molecule has 2 N–H and O–H groups in total. The number of carbonyl (C=O) groups is 2. The Morgan fingerprint density at radius 2 is 1.25 bits per heavy atom. The van der Waals surface area contributed by atoms with Crippen molar-refractivity contribution in [3.05, 3.63) is 0 Å². The van der Waals surface area contributed by atoms with Crippen molar-refractivity contribution >= 4 is 11.9 Å². The van der Waals surface area contributed by atoms with Crippen LogP contribution in [0.5, 0.6) is 0 Å². The van der Waals surface area contributed by atoms with Gasteiger partial charge in [0.05, 0.1) is 0 Å². The van der Waals surface area contributed by atoms with E-state index < -0.39 is 23.1 Å². The van der Waals surface area contributed by atoms with Gasteiger partial charge in [-0.25, -0.2) is 9.59 Å². The molecule has 0 aromatic heterocycles. The largest absolute Gasteiger partial charge is 0.479 e. The van der Waals surface area contributed by atoms with Crippen molar-refractivity contribution in [3.8, 4) is 0 Å². The molecule has 0 radical (unpaired) electrons. The molecular weight excluding hydrogens is 216 g/mol. The monoisotopic (exact) mass is 230 g/mol. The fraction of sp³-hybridized carbons (Fsp3) is 0.800. The maximum atomic E-state index is 11.4. The summed E-state index contributed by atoms with van der Waals surface area (Å²) in [7, 11) is 0. The van der Waals surface area contributed by atoms with Crippen molar-refractivity contribution in [2.75, 3.05) is 13.2 Å². The zero-order valence-corrected chi connectivity index (χ0v) is 8.77. The Kier molecular flexibility index (Phi) is 2.63. The molecule has 2 rings (SSSR count). The lowest BCUT2D eigenvalue weighted by molar-refractivity contribution is -0.211. The van der Waals surface area contributed by atoms with Gasteiger partial charge >= 0.3 is 11.9 Å². The molecule has 90 valence electrons. The summed E-state index contributed by atoms with van der Waals surface area (Å²) >= 11 is 0. The van der Waals surface area contributed by atoms with Crippen LogP contribution in [0.15, 0.2) is 0 Å². The van der Waals surface area contributed by atoms with E-state index in [1.165, 1.54) is 0 Å². The van der Waals surface area contributed by atoms with Crippen LogP contribution in [0.3, 0.4) is 0 Å². The van der Waals surface area contributed by atoms with Crippen LogP contribution < -0.4 is 0 Å². The molecule has 2 unspecified atom stereocenters. The van der Waals surface area contributed by atoms with E-state index in [2.05, 4.69) is 0 Å². The summed E-state index contributed by atoms with van der Waals surface area (Å²) in [6, 6.07) is 0. The van der Waals surface area contributed by atoms with Crippen LogP contribution in [0.25, 0.3) is 0 Å². The van der Waals surface area contributed by atoms with Crippen LogP contribution in [-0.4, -0.2) is 46.6 Å². The minimum atomic E-state index is -1.71. The molecule has 2 saturated heterocycles. The maximum Gasteiger partial charge on any atom is 0.339 e. The molecule has 2 heterocycles. The second-order valence-corrected chi connectivity index (χ2v) is 4.17. The van der Waals surface area contributed by atoms with Gasteiger partial charge in [-0.05, 0) is 25.7 Å². The SMILES string of the molecule is O=C(O)C1(C2(C(=O)O)CCCO2)CCCO1. The minimum absolute atomic E-state index is 0.189. The first-order chi connectivity index (χ1) is 7.55. The van der Waals surface area contributed by atoms with Crippen LogP contribution in [-0.2, 0) is 19.1 Å². The summed E-state index contributed by atoms with van der Waals surface area (Å²) in [4.78, 5) is 22.7. The second kappa shape index (κ2) is 3.71. The van der Waals surface area contributed by atoms with E-state index in [0.717, 1.165) is 0 Å². The highest BCUT2D eigenvalue weighted by Gasteiger charge is 2.66. The highest BCUT2D eigenvalue weighted by molar-refractivity contribution is 5.91. The normalized spacial score (nSPS) is 38.8. The van der Waals surface area contributed by atoms with E-state index in [4.69, 9.17) is 9.47 Å². The number of hydrogen-bond donors (Lipinski definition) is 2. The second-order valence-electron chi connectivity index (χ2n) is 4.17. The topological polar surface area (TPSA) is 93.1 Å². The average molecular weight is 230 g/mol. The molecule has 2 aliphatic rings. The lowest BCUT2D eigenvalue weighted by Gasteiger charge is -2.37. The number of ether oxygens (including phenoxy) is 2. The molecule has 0 amide bonds. The average Bonchev–Trinajstić information content (AvgIpc) is 2.88. The molecule has 0 saturated carbocycles. The van der Waals surface area contributed by atoms with Gasteiger partial charge < -0.3 is 19.7 Å². The quantitative estimate of drug-likeness (QED) is 0.722. The lowest BCUT2D eigenvalue weighted by Crippen LogP contribution is -2.63. The number of hydrogen-bond acceptors (Lipinski definition) is 4. The zero-order valence-electron chi connectivity index (χ0n) is 8.77. The van der Waals surface area contributed by atoms with Crippen molar-refractivity contribution in [2.24, 2.45) is 0 Å². The molecule has 0 bridgehead atoms. The Morgan fingerprint density at radius 3 is 1.44 bits per heavy atom. The summed E-state index contributed by atoms with van der Waals surface area (Å²) in [5, 5.41) is 18.5. The van der Waals surface area contributed by atoms with Crippen molar-refractivity contribution in [1.29, 1.82) is 0 Å². The Balaban J connectivity index is 2.44. The van der Waals surface area contributed by atoms with Gasteiger partial charge in [0.25, 0.3) is 0 Å². The summed E-state index contributed by atoms with van der Waals surface area (Å²) in [6.45, 7) is 0.537. The van der Waals surface area contributed by atoms with Gasteiger partial charge in [-0.2, -0.15) is 0 Å². The first kappa shape index (κ1) is 11.3. The van der Waals surface area contributed by atoms with Crippen molar-refractivity contribution in [1.82, 2.24) is 0 Å². The van der Waals surface area contributed by atoms with E-state index in [0.29, 0.717) is 12.8 Å². The van der Waals surface area contributed by atoms with Gasteiger partial charge in [-0.3, -0.25) is 0 Å². The van der Waals surface area contributed by atoms with E-state index in [-0.39, 0.29) is 26.1 Å². The highest BCUT2D eigenvalue weighted by Crippen LogP contribution is 2.44. The molecule has 2 aliphatic heterocycles.